The van der Waals surface area contributed by atoms with Crippen LogP contribution < -0.4 is 15.4 Å². The average Bonchev–Trinajstić information content (AvgIpc) is 2.91. The van der Waals surface area contributed by atoms with Crippen molar-refractivity contribution < 1.29 is 17.6 Å². The molecule has 0 unspecified atom stereocenters. The second-order valence-corrected chi connectivity index (χ2v) is 14.0. The Hall–Kier alpha value is -3.07. The zero-order chi connectivity index (χ0) is 29.8. The standard InChI is InChI=1S/C33H42FN3O3S/c1-22(2)24-12-16-28(17-13-24)41(39,40)37-31(25-10-14-27(34)15-11-25)20-32(38)36-30-8-6-7-26-19-23(9-18-29(26)30)21-35-33(3,4)5/h9-19,22,30-31,35,37H,6-8,20-21H2,1-5H3,(H,36,38)/t30-,31-/m1/s1. The molecular weight excluding hydrogens is 537 g/mol. The topological polar surface area (TPSA) is 87.3 Å². The Balaban J connectivity index is 1.50. The summed E-state index contributed by atoms with van der Waals surface area (Å²) in [6, 6.07) is 17.7. The summed E-state index contributed by atoms with van der Waals surface area (Å²) in [6.07, 6.45) is 2.61. The van der Waals surface area contributed by atoms with E-state index in [1.807, 2.05) is 13.8 Å². The maximum Gasteiger partial charge on any atom is 0.241 e. The molecule has 0 aliphatic heterocycles. The first-order chi connectivity index (χ1) is 19.3. The van der Waals surface area contributed by atoms with Gasteiger partial charge in [-0.1, -0.05) is 56.3 Å². The number of amides is 1. The minimum atomic E-state index is -3.94. The van der Waals surface area contributed by atoms with Crippen LogP contribution in [0.4, 0.5) is 4.39 Å². The van der Waals surface area contributed by atoms with Crippen LogP contribution in [0, 0.1) is 5.82 Å². The van der Waals surface area contributed by atoms with Crippen molar-refractivity contribution in [2.75, 3.05) is 0 Å². The van der Waals surface area contributed by atoms with Crippen LogP contribution in [0.15, 0.2) is 71.6 Å². The molecule has 0 bridgehead atoms. The zero-order valence-corrected chi connectivity index (χ0v) is 25.4. The minimum Gasteiger partial charge on any atom is -0.349 e. The van der Waals surface area contributed by atoms with Gasteiger partial charge in [0.25, 0.3) is 0 Å². The molecular formula is C33H42FN3O3S. The van der Waals surface area contributed by atoms with Crippen molar-refractivity contribution >= 4 is 15.9 Å². The second-order valence-electron chi connectivity index (χ2n) is 12.3. The highest BCUT2D eigenvalue weighted by molar-refractivity contribution is 7.89. The van der Waals surface area contributed by atoms with Gasteiger partial charge in [0.2, 0.25) is 15.9 Å². The molecule has 0 saturated heterocycles. The predicted molar refractivity (Wildman–Crippen MR) is 161 cm³/mol. The number of benzene rings is 3. The highest BCUT2D eigenvalue weighted by Crippen LogP contribution is 2.31. The highest BCUT2D eigenvalue weighted by Gasteiger charge is 2.27. The van der Waals surface area contributed by atoms with E-state index in [-0.39, 0.29) is 34.7 Å². The van der Waals surface area contributed by atoms with E-state index in [0.717, 1.165) is 36.9 Å². The number of nitrogens with one attached hydrogen (secondary N) is 3. The summed E-state index contributed by atoms with van der Waals surface area (Å²) in [5, 5.41) is 6.66. The first kappa shape index (κ1) is 30.9. The summed E-state index contributed by atoms with van der Waals surface area (Å²) < 4.78 is 43.0. The minimum absolute atomic E-state index is 0.0204. The summed E-state index contributed by atoms with van der Waals surface area (Å²) in [5.41, 5.74) is 5.11. The Morgan fingerprint density at radius 3 is 2.27 bits per heavy atom. The molecule has 41 heavy (non-hydrogen) atoms. The number of hydrogen-bond donors (Lipinski definition) is 3. The number of aryl methyl sites for hydroxylation is 1. The van der Waals surface area contributed by atoms with Crippen molar-refractivity contribution in [3.63, 3.8) is 0 Å². The molecule has 4 rings (SSSR count). The van der Waals surface area contributed by atoms with Gasteiger partial charge in [-0.3, -0.25) is 4.79 Å². The van der Waals surface area contributed by atoms with E-state index in [9.17, 15) is 17.6 Å². The molecule has 0 aromatic heterocycles. The lowest BCUT2D eigenvalue weighted by atomic mass is 9.86. The van der Waals surface area contributed by atoms with Crippen LogP contribution in [-0.4, -0.2) is 19.9 Å². The van der Waals surface area contributed by atoms with Crippen molar-refractivity contribution in [3.8, 4) is 0 Å². The Labute approximate surface area is 244 Å². The Morgan fingerprint density at radius 1 is 0.976 bits per heavy atom. The fourth-order valence-electron chi connectivity index (χ4n) is 5.14. The van der Waals surface area contributed by atoms with Crippen molar-refractivity contribution in [2.24, 2.45) is 0 Å². The molecule has 3 aromatic rings. The summed E-state index contributed by atoms with van der Waals surface area (Å²) in [7, 11) is -3.94. The van der Waals surface area contributed by atoms with Crippen LogP contribution in [-0.2, 0) is 27.8 Å². The number of carbonyl (C=O) groups excluding carboxylic acids is 1. The molecule has 1 aliphatic carbocycles. The van der Waals surface area contributed by atoms with Gasteiger partial charge in [0.1, 0.15) is 5.82 Å². The summed E-state index contributed by atoms with van der Waals surface area (Å²) >= 11 is 0. The molecule has 0 spiro atoms. The van der Waals surface area contributed by atoms with E-state index in [0.29, 0.717) is 5.56 Å². The lowest BCUT2D eigenvalue weighted by molar-refractivity contribution is -0.122. The zero-order valence-electron chi connectivity index (χ0n) is 24.6. The third-order valence-corrected chi connectivity index (χ3v) is 8.98. The van der Waals surface area contributed by atoms with Crippen LogP contribution in [0.3, 0.4) is 0 Å². The Bertz CT molecular complexity index is 1450. The SMILES string of the molecule is CC(C)c1ccc(S(=O)(=O)N[C@H](CC(=O)N[C@@H]2CCCc3cc(CNC(C)(C)C)ccc32)c2ccc(F)cc2)cc1. The van der Waals surface area contributed by atoms with Gasteiger partial charge in [0.05, 0.1) is 17.0 Å². The largest absolute Gasteiger partial charge is 0.349 e. The molecule has 0 heterocycles. The number of carbonyl (C=O) groups is 1. The number of halogens is 1. The number of fused-ring (bicyclic) bond motifs is 1. The molecule has 0 fully saturated rings. The summed E-state index contributed by atoms with van der Waals surface area (Å²) in [5.74, 6) is -0.430. The van der Waals surface area contributed by atoms with E-state index in [2.05, 4.69) is 54.3 Å². The highest BCUT2D eigenvalue weighted by atomic mass is 32.2. The molecule has 3 N–H and O–H groups in total. The monoisotopic (exact) mass is 579 g/mol. The van der Waals surface area contributed by atoms with Gasteiger partial charge in [-0.05, 0) is 98.0 Å². The smallest absolute Gasteiger partial charge is 0.241 e. The molecule has 0 radical (unpaired) electrons. The molecule has 2 atom stereocenters. The third-order valence-electron chi connectivity index (χ3n) is 7.50. The van der Waals surface area contributed by atoms with Crippen molar-refractivity contribution in [3.05, 3.63) is 100 Å². The molecule has 8 heteroatoms. The van der Waals surface area contributed by atoms with E-state index in [4.69, 9.17) is 0 Å². The molecule has 1 aliphatic rings. The van der Waals surface area contributed by atoms with Crippen molar-refractivity contribution in [2.45, 2.75) is 95.3 Å². The predicted octanol–water partition coefficient (Wildman–Crippen LogP) is 6.44. The average molecular weight is 580 g/mol. The lowest BCUT2D eigenvalue weighted by Gasteiger charge is -2.28. The van der Waals surface area contributed by atoms with Gasteiger partial charge in [-0.25, -0.2) is 17.5 Å². The molecule has 220 valence electrons. The van der Waals surface area contributed by atoms with Gasteiger partial charge < -0.3 is 10.6 Å². The van der Waals surface area contributed by atoms with E-state index in [1.165, 1.54) is 35.4 Å². The number of rotatable bonds is 10. The lowest BCUT2D eigenvalue weighted by Crippen LogP contribution is -2.36. The quantitative estimate of drug-likeness (QED) is 0.258. The van der Waals surface area contributed by atoms with Gasteiger partial charge in [0.15, 0.2) is 0 Å². The van der Waals surface area contributed by atoms with Gasteiger partial charge in [0, 0.05) is 18.5 Å². The first-order valence-electron chi connectivity index (χ1n) is 14.3. The van der Waals surface area contributed by atoms with Crippen molar-refractivity contribution in [1.29, 1.82) is 0 Å². The van der Waals surface area contributed by atoms with Gasteiger partial charge in [-0.2, -0.15) is 0 Å². The maximum absolute atomic E-state index is 13.7. The van der Waals surface area contributed by atoms with Crippen LogP contribution >= 0.6 is 0 Å². The molecule has 1 amide bonds. The Kier molecular flexibility index (Phi) is 9.67. The summed E-state index contributed by atoms with van der Waals surface area (Å²) in [6.45, 7) is 11.3. The number of sulfonamides is 1. The normalized spacial score (nSPS) is 16.3. The van der Waals surface area contributed by atoms with Gasteiger partial charge in [-0.15, -0.1) is 0 Å². The maximum atomic E-state index is 13.7. The fraction of sp³-hybridized carbons (Fsp3) is 0.424. The second kappa shape index (κ2) is 12.8. The Morgan fingerprint density at radius 2 is 1.63 bits per heavy atom. The third kappa shape index (κ3) is 8.47. The van der Waals surface area contributed by atoms with Gasteiger partial charge >= 0.3 is 0 Å². The molecule has 0 saturated carbocycles. The van der Waals surface area contributed by atoms with E-state index in [1.54, 1.807) is 24.3 Å². The van der Waals surface area contributed by atoms with E-state index >= 15 is 0 Å². The van der Waals surface area contributed by atoms with Crippen LogP contribution in [0.1, 0.15) is 99.7 Å². The fourth-order valence-corrected chi connectivity index (χ4v) is 6.37. The number of hydrogen-bond acceptors (Lipinski definition) is 4. The van der Waals surface area contributed by atoms with E-state index < -0.39 is 21.9 Å². The van der Waals surface area contributed by atoms with Crippen LogP contribution in [0.5, 0.6) is 0 Å². The molecule has 6 nitrogen and oxygen atoms in total. The molecule has 3 aromatic carbocycles. The van der Waals surface area contributed by atoms with Crippen molar-refractivity contribution in [1.82, 2.24) is 15.4 Å². The summed E-state index contributed by atoms with van der Waals surface area (Å²) in [4.78, 5) is 13.5. The first-order valence-corrected chi connectivity index (χ1v) is 15.8. The van der Waals surface area contributed by atoms with Crippen LogP contribution in [0.25, 0.3) is 0 Å². The van der Waals surface area contributed by atoms with Crippen LogP contribution in [0.2, 0.25) is 0 Å².